The molecule has 0 amide bonds. The van der Waals surface area contributed by atoms with E-state index < -0.39 is 8.80 Å². The van der Waals surface area contributed by atoms with Crippen molar-refractivity contribution in [2.75, 3.05) is 19.8 Å². The van der Waals surface area contributed by atoms with Gasteiger partial charge in [-0.3, -0.25) is 0 Å². The lowest BCUT2D eigenvalue weighted by Crippen LogP contribution is -2.46. The summed E-state index contributed by atoms with van der Waals surface area (Å²) in [5.41, 5.74) is 1.26. The molecular weight excluding hydrogens is 208 g/mol. The zero-order chi connectivity index (χ0) is 11.7. The van der Waals surface area contributed by atoms with E-state index in [1.54, 1.807) is 0 Å². The SMILES string of the molecule is C/C=C(\C)C[Si](OCC)(OCC)OCC. The first-order valence-electron chi connectivity index (χ1n) is 5.67. The Labute approximate surface area is 94.8 Å². The second-order valence-electron chi connectivity index (χ2n) is 3.29. The van der Waals surface area contributed by atoms with Crippen molar-refractivity contribution in [3.05, 3.63) is 11.6 Å². The van der Waals surface area contributed by atoms with Gasteiger partial charge in [0.05, 0.1) is 0 Å². The maximum atomic E-state index is 5.74. The lowest BCUT2D eigenvalue weighted by atomic mass is 10.3. The summed E-state index contributed by atoms with van der Waals surface area (Å²) in [7, 11) is -2.45. The molecule has 0 spiro atoms. The first kappa shape index (κ1) is 14.8. The third kappa shape index (κ3) is 5.46. The number of rotatable bonds is 8. The molecule has 0 aromatic heterocycles. The third-order valence-electron chi connectivity index (χ3n) is 2.08. The summed E-state index contributed by atoms with van der Waals surface area (Å²) in [6.07, 6.45) is 2.08. The molecule has 0 radical (unpaired) electrons. The fourth-order valence-corrected chi connectivity index (χ4v) is 4.14. The van der Waals surface area contributed by atoms with Crippen molar-refractivity contribution < 1.29 is 13.3 Å². The molecule has 0 aromatic rings. The molecule has 90 valence electrons. The van der Waals surface area contributed by atoms with E-state index in [2.05, 4.69) is 13.0 Å². The van der Waals surface area contributed by atoms with E-state index >= 15 is 0 Å². The molecule has 0 saturated carbocycles. The second kappa shape index (κ2) is 8.04. The minimum absolute atomic E-state index is 0.642. The molecule has 3 nitrogen and oxygen atoms in total. The van der Waals surface area contributed by atoms with E-state index in [1.807, 2.05) is 27.7 Å². The van der Waals surface area contributed by atoms with E-state index in [9.17, 15) is 0 Å². The summed E-state index contributed by atoms with van der Waals surface area (Å²) in [5.74, 6) is 0. The summed E-state index contributed by atoms with van der Waals surface area (Å²) in [6.45, 7) is 12.0. The Morgan fingerprint density at radius 3 is 1.67 bits per heavy atom. The summed E-state index contributed by atoms with van der Waals surface area (Å²) < 4.78 is 17.2. The maximum Gasteiger partial charge on any atom is 0.505 e. The van der Waals surface area contributed by atoms with E-state index in [4.69, 9.17) is 13.3 Å². The van der Waals surface area contributed by atoms with Gasteiger partial charge in [0.2, 0.25) is 0 Å². The van der Waals surface area contributed by atoms with Crippen LogP contribution in [-0.2, 0) is 13.3 Å². The van der Waals surface area contributed by atoms with E-state index in [0.717, 1.165) is 6.04 Å². The predicted octanol–water partition coefficient (Wildman–Crippen LogP) is 3.00. The van der Waals surface area contributed by atoms with Crippen molar-refractivity contribution in [1.82, 2.24) is 0 Å². The van der Waals surface area contributed by atoms with Gasteiger partial charge < -0.3 is 13.3 Å². The second-order valence-corrected chi connectivity index (χ2v) is 5.88. The van der Waals surface area contributed by atoms with Crippen molar-refractivity contribution in [1.29, 1.82) is 0 Å². The van der Waals surface area contributed by atoms with Gasteiger partial charge in [0.25, 0.3) is 0 Å². The molecule has 0 fully saturated rings. The van der Waals surface area contributed by atoms with Gasteiger partial charge in [-0.15, -0.1) is 0 Å². The number of hydrogen-bond donors (Lipinski definition) is 0. The molecule has 0 aliphatic heterocycles. The predicted molar refractivity (Wildman–Crippen MR) is 64.9 cm³/mol. The Balaban J connectivity index is 4.59. The highest BCUT2D eigenvalue weighted by Crippen LogP contribution is 2.20. The molecule has 0 bridgehead atoms. The molecule has 0 rings (SSSR count). The highest BCUT2D eigenvalue weighted by Gasteiger charge is 2.40. The fourth-order valence-electron chi connectivity index (χ4n) is 1.38. The molecular formula is C11H24O3Si. The molecule has 0 aromatic carbocycles. The Kier molecular flexibility index (Phi) is 7.96. The van der Waals surface area contributed by atoms with Gasteiger partial charge in [-0.05, 0) is 34.6 Å². The average molecular weight is 232 g/mol. The van der Waals surface area contributed by atoms with Crippen LogP contribution in [0, 0.1) is 0 Å². The van der Waals surface area contributed by atoms with E-state index in [1.165, 1.54) is 5.57 Å². The first-order valence-corrected chi connectivity index (χ1v) is 7.60. The highest BCUT2D eigenvalue weighted by molar-refractivity contribution is 6.61. The molecule has 4 heteroatoms. The topological polar surface area (TPSA) is 27.7 Å². The standard InChI is InChI=1S/C11H24O3Si/c1-6-11(5)10-15(12-7-2,13-8-3)14-9-4/h6H,7-10H2,1-5H3/b11-6+. The molecule has 0 aliphatic rings. The van der Waals surface area contributed by atoms with Gasteiger partial charge in [0, 0.05) is 25.9 Å². The van der Waals surface area contributed by atoms with E-state index in [-0.39, 0.29) is 0 Å². The zero-order valence-electron chi connectivity index (χ0n) is 10.6. The Morgan fingerprint density at radius 2 is 1.40 bits per heavy atom. The summed E-state index contributed by atoms with van der Waals surface area (Å²) in [4.78, 5) is 0. The largest absolute Gasteiger partial charge is 0.505 e. The minimum Gasteiger partial charge on any atom is -0.374 e. The maximum absolute atomic E-state index is 5.74. The lowest BCUT2D eigenvalue weighted by Gasteiger charge is -2.28. The third-order valence-corrected chi connectivity index (χ3v) is 5.26. The fraction of sp³-hybridized carbons (Fsp3) is 0.818. The Hall–Kier alpha value is -0.163. The lowest BCUT2D eigenvalue weighted by molar-refractivity contribution is 0.0736. The average Bonchev–Trinajstić information content (AvgIpc) is 2.18. The summed E-state index contributed by atoms with van der Waals surface area (Å²) in [5, 5.41) is 0. The van der Waals surface area contributed by atoms with E-state index in [0.29, 0.717) is 19.8 Å². The first-order chi connectivity index (χ1) is 7.14. The smallest absolute Gasteiger partial charge is 0.374 e. The minimum atomic E-state index is -2.45. The normalized spacial score (nSPS) is 13.3. The van der Waals surface area contributed by atoms with Crippen LogP contribution in [0.3, 0.4) is 0 Å². The van der Waals surface area contributed by atoms with Crippen LogP contribution in [0.5, 0.6) is 0 Å². The van der Waals surface area contributed by atoms with Crippen molar-refractivity contribution in [2.24, 2.45) is 0 Å². The zero-order valence-corrected chi connectivity index (χ0v) is 11.6. The molecule has 0 atom stereocenters. The van der Waals surface area contributed by atoms with Crippen molar-refractivity contribution in [3.63, 3.8) is 0 Å². The van der Waals surface area contributed by atoms with Crippen LogP contribution in [0.4, 0.5) is 0 Å². The van der Waals surface area contributed by atoms with Crippen LogP contribution in [0.1, 0.15) is 34.6 Å². The number of hydrogen-bond acceptors (Lipinski definition) is 3. The van der Waals surface area contributed by atoms with Gasteiger partial charge in [0.1, 0.15) is 0 Å². The summed E-state index contributed by atoms with van der Waals surface area (Å²) >= 11 is 0. The van der Waals surface area contributed by atoms with Gasteiger partial charge in [0.15, 0.2) is 0 Å². The number of allylic oxidation sites excluding steroid dienone is 2. The molecule has 15 heavy (non-hydrogen) atoms. The molecule has 0 heterocycles. The van der Waals surface area contributed by atoms with Crippen molar-refractivity contribution in [3.8, 4) is 0 Å². The molecule has 0 saturated heterocycles. The Bertz CT molecular complexity index is 175. The monoisotopic (exact) mass is 232 g/mol. The van der Waals surface area contributed by atoms with Gasteiger partial charge in [-0.25, -0.2) is 0 Å². The van der Waals surface area contributed by atoms with Crippen LogP contribution in [0.15, 0.2) is 11.6 Å². The van der Waals surface area contributed by atoms with Crippen LogP contribution < -0.4 is 0 Å². The summed E-state index contributed by atoms with van der Waals surface area (Å²) in [6, 6.07) is 0.791. The van der Waals surface area contributed by atoms with Crippen molar-refractivity contribution >= 4 is 8.80 Å². The molecule has 0 N–H and O–H groups in total. The van der Waals surface area contributed by atoms with Crippen LogP contribution in [-0.4, -0.2) is 28.6 Å². The van der Waals surface area contributed by atoms with Crippen LogP contribution in [0.2, 0.25) is 6.04 Å². The Morgan fingerprint density at radius 1 is 1.00 bits per heavy atom. The molecule has 0 unspecified atom stereocenters. The van der Waals surface area contributed by atoms with Crippen LogP contribution in [0.25, 0.3) is 0 Å². The van der Waals surface area contributed by atoms with Crippen LogP contribution >= 0.6 is 0 Å². The highest BCUT2D eigenvalue weighted by atomic mass is 28.4. The quantitative estimate of drug-likeness (QED) is 0.475. The van der Waals surface area contributed by atoms with Gasteiger partial charge in [-0.2, -0.15) is 0 Å². The van der Waals surface area contributed by atoms with Crippen molar-refractivity contribution in [2.45, 2.75) is 40.7 Å². The molecule has 0 aliphatic carbocycles. The van der Waals surface area contributed by atoms with Gasteiger partial charge >= 0.3 is 8.80 Å². The van der Waals surface area contributed by atoms with Gasteiger partial charge in [-0.1, -0.05) is 11.6 Å².